The lowest BCUT2D eigenvalue weighted by atomic mass is 9.70. The monoisotopic (exact) mass is 259 g/mol. The average molecular weight is 259 g/mol. The summed E-state index contributed by atoms with van der Waals surface area (Å²) in [6.07, 6.45) is 0.762. The average Bonchev–Trinajstić information content (AvgIpc) is 2.41. The maximum absolute atomic E-state index is 11.5. The van der Waals surface area contributed by atoms with Gasteiger partial charge in [-0.05, 0) is 24.8 Å². The van der Waals surface area contributed by atoms with Crippen LogP contribution in [0, 0.1) is 17.2 Å². The number of nitriles is 1. The van der Waals surface area contributed by atoms with Gasteiger partial charge < -0.3 is 4.74 Å². The molecule has 0 amide bonds. The Morgan fingerprint density at radius 1 is 1.37 bits per heavy atom. The Hall–Kier alpha value is -1.82. The van der Waals surface area contributed by atoms with Crippen molar-refractivity contribution in [2.45, 2.75) is 39.0 Å². The zero-order chi connectivity index (χ0) is 14.3. The smallest absolute Gasteiger partial charge is 0.305 e. The van der Waals surface area contributed by atoms with E-state index in [1.54, 1.807) is 6.92 Å². The van der Waals surface area contributed by atoms with E-state index >= 15 is 0 Å². The van der Waals surface area contributed by atoms with Gasteiger partial charge in [0.2, 0.25) is 0 Å². The summed E-state index contributed by atoms with van der Waals surface area (Å²) in [6, 6.07) is 12.1. The van der Waals surface area contributed by atoms with Gasteiger partial charge in [-0.25, -0.2) is 0 Å². The zero-order valence-corrected chi connectivity index (χ0v) is 11.8. The van der Waals surface area contributed by atoms with Crippen molar-refractivity contribution in [1.82, 2.24) is 0 Å². The fourth-order valence-electron chi connectivity index (χ4n) is 2.28. The molecule has 1 atom stereocenters. The fourth-order valence-corrected chi connectivity index (χ4v) is 2.28. The van der Waals surface area contributed by atoms with Crippen molar-refractivity contribution >= 4 is 5.97 Å². The molecule has 3 nitrogen and oxygen atoms in total. The molecule has 0 bridgehead atoms. The third-order valence-corrected chi connectivity index (χ3v) is 3.50. The summed E-state index contributed by atoms with van der Waals surface area (Å²) >= 11 is 0. The van der Waals surface area contributed by atoms with Gasteiger partial charge in [-0.3, -0.25) is 4.79 Å². The van der Waals surface area contributed by atoms with Gasteiger partial charge >= 0.3 is 5.97 Å². The second kappa shape index (κ2) is 6.94. The zero-order valence-electron chi connectivity index (χ0n) is 11.8. The standard InChI is InChI=1S/C16H21NO2/c1-4-19-15(18)10-11-16(12-17,13(2)3)14-8-6-5-7-9-14/h5-9,13H,4,10-11H2,1-3H3. The number of esters is 1. The predicted octanol–water partition coefficient (Wildman–Crippen LogP) is 3.45. The molecule has 0 radical (unpaired) electrons. The summed E-state index contributed by atoms with van der Waals surface area (Å²) in [6.45, 7) is 6.20. The molecule has 1 aromatic carbocycles. The van der Waals surface area contributed by atoms with Crippen LogP contribution in [0.15, 0.2) is 30.3 Å². The van der Waals surface area contributed by atoms with Gasteiger partial charge in [-0.15, -0.1) is 0 Å². The van der Waals surface area contributed by atoms with Crippen LogP contribution < -0.4 is 0 Å². The minimum absolute atomic E-state index is 0.134. The Morgan fingerprint density at radius 2 is 2.00 bits per heavy atom. The molecule has 0 aliphatic heterocycles. The minimum Gasteiger partial charge on any atom is -0.466 e. The van der Waals surface area contributed by atoms with Gasteiger partial charge in [0.25, 0.3) is 0 Å². The van der Waals surface area contributed by atoms with Crippen LogP contribution in [0.3, 0.4) is 0 Å². The Bertz CT molecular complexity index is 448. The normalized spacial score (nSPS) is 13.6. The number of benzene rings is 1. The van der Waals surface area contributed by atoms with E-state index in [1.807, 2.05) is 44.2 Å². The van der Waals surface area contributed by atoms with Crippen LogP contribution in [0.2, 0.25) is 0 Å². The largest absolute Gasteiger partial charge is 0.466 e. The van der Waals surface area contributed by atoms with Gasteiger partial charge in [0.05, 0.1) is 18.1 Å². The maximum atomic E-state index is 11.5. The Balaban J connectivity index is 2.96. The van der Waals surface area contributed by atoms with Crippen molar-refractivity contribution in [1.29, 1.82) is 5.26 Å². The molecule has 1 unspecified atom stereocenters. The molecule has 1 rings (SSSR count). The molecule has 0 spiro atoms. The van der Waals surface area contributed by atoms with E-state index in [1.165, 1.54) is 0 Å². The third kappa shape index (κ3) is 3.57. The Morgan fingerprint density at radius 3 is 2.47 bits per heavy atom. The van der Waals surface area contributed by atoms with E-state index in [0.29, 0.717) is 13.0 Å². The topological polar surface area (TPSA) is 50.1 Å². The summed E-state index contributed by atoms with van der Waals surface area (Å²) < 4.78 is 4.95. The highest BCUT2D eigenvalue weighted by molar-refractivity contribution is 5.69. The fraction of sp³-hybridized carbons (Fsp3) is 0.500. The quantitative estimate of drug-likeness (QED) is 0.735. The second-order valence-electron chi connectivity index (χ2n) is 4.91. The first-order valence-electron chi connectivity index (χ1n) is 6.69. The van der Waals surface area contributed by atoms with Crippen LogP contribution in [0.1, 0.15) is 39.2 Å². The summed E-state index contributed by atoms with van der Waals surface area (Å²) in [5, 5.41) is 9.64. The van der Waals surface area contributed by atoms with Crippen LogP contribution in [-0.4, -0.2) is 12.6 Å². The summed E-state index contributed by atoms with van der Waals surface area (Å²) in [5.41, 5.74) is 0.338. The first kappa shape index (κ1) is 15.2. The highest BCUT2D eigenvalue weighted by atomic mass is 16.5. The predicted molar refractivity (Wildman–Crippen MR) is 74.4 cm³/mol. The first-order valence-corrected chi connectivity index (χ1v) is 6.69. The summed E-state index contributed by atoms with van der Waals surface area (Å²) in [4.78, 5) is 11.5. The van der Waals surface area contributed by atoms with Crippen molar-refractivity contribution in [2.75, 3.05) is 6.61 Å². The SMILES string of the molecule is CCOC(=O)CCC(C#N)(c1ccccc1)C(C)C. The van der Waals surface area contributed by atoms with E-state index in [0.717, 1.165) is 5.56 Å². The first-order chi connectivity index (χ1) is 9.06. The number of ether oxygens (including phenoxy) is 1. The van der Waals surface area contributed by atoms with Crippen molar-refractivity contribution in [3.05, 3.63) is 35.9 Å². The molecule has 1 aromatic rings. The molecule has 0 saturated carbocycles. The Kier molecular flexibility index (Phi) is 5.57. The van der Waals surface area contributed by atoms with Crippen molar-refractivity contribution in [3.63, 3.8) is 0 Å². The van der Waals surface area contributed by atoms with E-state index in [-0.39, 0.29) is 18.3 Å². The number of hydrogen-bond acceptors (Lipinski definition) is 3. The lowest BCUT2D eigenvalue weighted by molar-refractivity contribution is -0.143. The van der Waals surface area contributed by atoms with Crippen LogP contribution >= 0.6 is 0 Å². The van der Waals surface area contributed by atoms with E-state index in [9.17, 15) is 10.1 Å². The molecular formula is C16H21NO2. The Labute approximate surface area is 115 Å². The molecule has 0 heterocycles. The number of carbonyl (C=O) groups is 1. The van der Waals surface area contributed by atoms with Crippen LogP contribution in [0.25, 0.3) is 0 Å². The number of carbonyl (C=O) groups excluding carboxylic acids is 1. The maximum Gasteiger partial charge on any atom is 0.305 e. The van der Waals surface area contributed by atoms with Crippen LogP contribution in [0.5, 0.6) is 0 Å². The van der Waals surface area contributed by atoms with E-state index in [2.05, 4.69) is 6.07 Å². The molecule has 19 heavy (non-hydrogen) atoms. The van der Waals surface area contributed by atoms with Crippen molar-refractivity contribution in [2.24, 2.45) is 5.92 Å². The number of rotatable bonds is 6. The summed E-state index contributed by atoms with van der Waals surface area (Å²) in [7, 11) is 0. The lowest BCUT2D eigenvalue weighted by Gasteiger charge is -2.31. The van der Waals surface area contributed by atoms with E-state index < -0.39 is 5.41 Å². The summed E-state index contributed by atoms with van der Waals surface area (Å²) in [5.74, 6) is -0.104. The minimum atomic E-state index is -0.631. The van der Waals surface area contributed by atoms with E-state index in [4.69, 9.17) is 4.74 Å². The molecule has 0 aromatic heterocycles. The molecule has 0 N–H and O–H groups in total. The second-order valence-corrected chi connectivity index (χ2v) is 4.91. The molecule has 0 aliphatic carbocycles. The highest BCUT2D eigenvalue weighted by Gasteiger charge is 2.36. The molecule has 102 valence electrons. The number of nitrogens with zero attached hydrogens (tertiary/aromatic N) is 1. The van der Waals surface area contributed by atoms with Gasteiger partial charge in [0, 0.05) is 6.42 Å². The van der Waals surface area contributed by atoms with Gasteiger partial charge in [0.15, 0.2) is 0 Å². The highest BCUT2D eigenvalue weighted by Crippen LogP contribution is 2.36. The third-order valence-electron chi connectivity index (χ3n) is 3.50. The van der Waals surface area contributed by atoms with Crippen LogP contribution in [0.4, 0.5) is 0 Å². The molecule has 0 saturated heterocycles. The number of hydrogen-bond donors (Lipinski definition) is 0. The van der Waals surface area contributed by atoms with Gasteiger partial charge in [-0.1, -0.05) is 44.2 Å². The lowest BCUT2D eigenvalue weighted by Crippen LogP contribution is -2.31. The van der Waals surface area contributed by atoms with Crippen molar-refractivity contribution in [3.8, 4) is 6.07 Å². The molecule has 0 aliphatic rings. The molecule has 0 fully saturated rings. The molecular weight excluding hydrogens is 238 g/mol. The molecule has 3 heteroatoms. The van der Waals surface area contributed by atoms with Crippen molar-refractivity contribution < 1.29 is 9.53 Å². The van der Waals surface area contributed by atoms with Gasteiger partial charge in [-0.2, -0.15) is 5.26 Å². The van der Waals surface area contributed by atoms with Crippen LogP contribution in [-0.2, 0) is 14.9 Å². The van der Waals surface area contributed by atoms with Gasteiger partial charge in [0.1, 0.15) is 0 Å².